The number of nitro groups is 1. The van der Waals surface area contributed by atoms with Gasteiger partial charge in [-0.25, -0.2) is 0 Å². The molecular weight excluding hydrogens is 276 g/mol. The lowest BCUT2D eigenvalue weighted by atomic mass is 10.0. The summed E-state index contributed by atoms with van der Waals surface area (Å²) in [6.07, 6.45) is -2.84. The van der Waals surface area contributed by atoms with Gasteiger partial charge < -0.3 is 10.2 Å². The van der Waals surface area contributed by atoms with Crippen LogP contribution in [0, 0.1) is 15.9 Å². The molecule has 0 spiro atoms. The van der Waals surface area contributed by atoms with Crippen molar-refractivity contribution in [1.82, 2.24) is 0 Å². The Morgan fingerprint density at radius 2 is 2.06 bits per heavy atom. The van der Waals surface area contributed by atoms with E-state index in [9.17, 15) is 24.7 Å². The first kappa shape index (κ1) is 14.1. The number of benzene rings is 1. The Hall–Kier alpha value is -0.950. The van der Waals surface area contributed by atoms with Gasteiger partial charge in [-0.15, -0.1) is 11.6 Å². The minimum atomic E-state index is -1.50. The summed E-state index contributed by atoms with van der Waals surface area (Å²) in [5, 5.41) is 29.1. The average molecular weight is 284 g/mol. The van der Waals surface area contributed by atoms with Gasteiger partial charge in [-0.2, -0.15) is 4.39 Å². The third-order valence-electron chi connectivity index (χ3n) is 2.10. The van der Waals surface area contributed by atoms with Crippen molar-refractivity contribution in [2.75, 3.05) is 5.88 Å². The van der Waals surface area contributed by atoms with E-state index in [1.54, 1.807) is 0 Å². The van der Waals surface area contributed by atoms with Crippen LogP contribution in [-0.4, -0.2) is 27.1 Å². The fourth-order valence-corrected chi connectivity index (χ4v) is 1.65. The van der Waals surface area contributed by atoms with E-state index >= 15 is 0 Å². The van der Waals surface area contributed by atoms with Crippen LogP contribution in [0.25, 0.3) is 0 Å². The number of aliphatic hydroxyl groups is 2. The summed E-state index contributed by atoms with van der Waals surface area (Å²) < 4.78 is 13.3. The summed E-state index contributed by atoms with van der Waals surface area (Å²) in [5.41, 5.74) is -0.950. The second-order valence-corrected chi connectivity index (χ2v) is 3.96. The molecule has 2 N–H and O–H groups in total. The first-order chi connectivity index (χ1) is 7.88. The molecule has 1 rings (SSSR count). The van der Waals surface area contributed by atoms with E-state index in [1.807, 2.05) is 0 Å². The number of nitrogens with zero attached hydrogens (tertiary/aromatic N) is 1. The zero-order valence-electron chi connectivity index (χ0n) is 8.31. The fraction of sp³-hybridized carbons (Fsp3) is 0.333. The van der Waals surface area contributed by atoms with E-state index < -0.39 is 28.6 Å². The van der Waals surface area contributed by atoms with Gasteiger partial charge in [0.2, 0.25) is 5.82 Å². The number of alkyl halides is 1. The largest absolute Gasteiger partial charge is 0.389 e. The smallest absolute Gasteiger partial charge is 0.306 e. The summed E-state index contributed by atoms with van der Waals surface area (Å²) in [6.45, 7) is 0. The molecule has 0 aliphatic carbocycles. The summed E-state index contributed by atoms with van der Waals surface area (Å²) in [4.78, 5) is 9.48. The van der Waals surface area contributed by atoms with Crippen LogP contribution in [0.15, 0.2) is 12.1 Å². The Morgan fingerprint density at radius 1 is 1.47 bits per heavy atom. The molecule has 0 amide bonds. The highest BCUT2D eigenvalue weighted by molar-refractivity contribution is 6.31. The number of hydrogen-bond acceptors (Lipinski definition) is 4. The number of rotatable bonds is 4. The maximum absolute atomic E-state index is 13.3. The molecule has 17 heavy (non-hydrogen) atoms. The van der Waals surface area contributed by atoms with Crippen molar-refractivity contribution in [3.8, 4) is 0 Å². The normalized spacial score (nSPS) is 14.4. The highest BCUT2D eigenvalue weighted by Gasteiger charge is 2.24. The van der Waals surface area contributed by atoms with E-state index in [0.29, 0.717) is 6.07 Å². The SMILES string of the molecule is O=[N+]([O-])c1cc(Cl)c(C(O)C(O)CCl)cc1F. The fourth-order valence-electron chi connectivity index (χ4n) is 1.21. The molecule has 1 aromatic carbocycles. The number of nitro benzene ring substituents is 1. The molecule has 2 atom stereocenters. The van der Waals surface area contributed by atoms with Gasteiger partial charge in [0.15, 0.2) is 0 Å². The molecule has 2 unspecified atom stereocenters. The third-order valence-corrected chi connectivity index (χ3v) is 2.75. The standard InChI is InChI=1S/C9H8Cl2FNO4/c10-3-8(14)9(15)4-1-6(12)7(13(16)17)2-5(4)11/h1-2,8-9,14-15H,3H2. The average Bonchev–Trinajstić information content (AvgIpc) is 2.29. The second-order valence-electron chi connectivity index (χ2n) is 3.25. The Balaban J connectivity index is 3.20. The van der Waals surface area contributed by atoms with Gasteiger partial charge in [0.1, 0.15) is 6.10 Å². The zero-order valence-corrected chi connectivity index (χ0v) is 9.82. The van der Waals surface area contributed by atoms with Crippen LogP contribution >= 0.6 is 23.2 Å². The molecule has 94 valence electrons. The van der Waals surface area contributed by atoms with Crippen LogP contribution in [0.4, 0.5) is 10.1 Å². The van der Waals surface area contributed by atoms with Crippen LogP contribution < -0.4 is 0 Å². The predicted octanol–water partition coefficient (Wildman–Crippen LogP) is 2.02. The first-order valence-electron chi connectivity index (χ1n) is 4.44. The monoisotopic (exact) mass is 283 g/mol. The van der Waals surface area contributed by atoms with Gasteiger partial charge in [0.05, 0.1) is 21.9 Å². The van der Waals surface area contributed by atoms with Crippen LogP contribution in [0.5, 0.6) is 0 Å². The van der Waals surface area contributed by atoms with E-state index in [4.69, 9.17) is 23.2 Å². The van der Waals surface area contributed by atoms with Crippen molar-refractivity contribution in [2.45, 2.75) is 12.2 Å². The summed E-state index contributed by atoms with van der Waals surface area (Å²) >= 11 is 11.0. The van der Waals surface area contributed by atoms with Crippen molar-refractivity contribution in [2.24, 2.45) is 0 Å². The highest BCUT2D eigenvalue weighted by Crippen LogP contribution is 2.31. The molecule has 0 saturated heterocycles. The quantitative estimate of drug-likeness (QED) is 0.503. The topological polar surface area (TPSA) is 83.6 Å². The maximum Gasteiger partial charge on any atom is 0.306 e. The molecule has 0 saturated carbocycles. The lowest BCUT2D eigenvalue weighted by Crippen LogP contribution is -2.20. The first-order valence-corrected chi connectivity index (χ1v) is 5.35. The molecule has 5 nitrogen and oxygen atoms in total. The summed E-state index contributed by atoms with van der Waals surface area (Å²) in [7, 11) is 0. The number of hydrogen-bond donors (Lipinski definition) is 2. The number of aliphatic hydroxyl groups excluding tert-OH is 2. The number of halogens is 3. The van der Waals surface area contributed by atoms with Crippen LogP contribution in [0.2, 0.25) is 5.02 Å². The maximum atomic E-state index is 13.3. The van der Waals surface area contributed by atoms with E-state index in [1.165, 1.54) is 0 Å². The van der Waals surface area contributed by atoms with Crippen molar-refractivity contribution < 1.29 is 19.5 Å². The van der Waals surface area contributed by atoms with Gasteiger partial charge in [-0.3, -0.25) is 10.1 Å². The van der Waals surface area contributed by atoms with Crippen LogP contribution in [0.1, 0.15) is 11.7 Å². The second kappa shape index (κ2) is 5.59. The van der Waals surface area contributed by atoms with E-state index in [0.717, 1.165) is 6.07 Å². The van der Waals surface area contributed by atoms with Crippen molar-refractivity contribution >= 4 is 28.9 Å². The van der Waals surface area contributed by atoms with Crippen molar-refractivity contribution in [1.29, 1.82) is 0 Å². The molecule has 0 aliphatic heterocycles. The third kappa shape index (κ3) is 3.04. The Labute approximate surface area is 106 Å². The van der Waals surface area contributed by atoms with Gasteiger partial charge >= 0.3 is 5.69 Å². The van der Waals surface area contributed by atoms with Crippen LogP contribution in [0.3, 0.4) is 0 Å². The molecule has 0 heterocycles. The lowest BCUT2D eigenvalue weighted by molar-refractivity contribution is -0.387. The van der Waals surface area contributed by atoms with Gasteiger partial charge in [0.25, 0.3) is 0 Å². The van der Waals surface area contributed by atoms with Gasteiger partial charge in [-0.1, -0.05) is 11.6 Å². The Morgan fingerprint density at radius 3 is 2.53 bits per heavy atom. The Bertz CT molecular complexity index is 443. The molecule has 0 bridgehead atoms. The van der Waals surface area contributed by atoms with Crippen LogP contribution in [-0.2, 0) is 0 Å². The highest BCUT2D eigenvalue weighted by atomic mass is 35.5. The summed E-state index contributed by atoms with van der Waals surface area (Å²) in [5.74, 6) is -1.42. The Kier molecular flexibility index (Phi) is 4.64. The van der Waals surface area contributed by atoms with E-state index in [2.05, 4.69) is 0 Å². The van der Waals surface area contributed by atoms with Crippen molar-refractivity contribution in [3.63, 3.8) is 0 Å². The van der Waals surface area contributed by atoms with Gasteiger partial charge in [0, 0.05) is 11.6 Å². The molecule has 1 aromatic rings. The van der Waals surface area contributed by atoms with Crippen molar-refractivity contribution in [3.05, 3.63) is 38.7 Å². The van der Waals surface area contributed by atoms with E-state index in [-0.39, 0.29) is 16.5 Å². The zero-order chi connectivity index (χ0) is 13.2. The molecule has 0 radical (unpaired) electrons. The predicted molar refractivity (Wildman–Crippen MR) is 59.8 cm³/mol. The molecular formula is C9H8Cl2FNO4. The minimum absolute atomic E-state index is 0.150. The molecule has 0 aliphatic rings. The molecule has 0 fully saturated rings. The van der Waals surface area contributed by atoms with Gasteiger partial charge in [-0.05, 0) is 6.07 Å². The minimum Gasteiger partial charge on any atom is -0.389 e. The summed E-state index contributed by atoms with van der Waals surface area (Å²) in [6, 6.07) is 1.48. The molecule has 8 heteroatoms. The lowest BCUT2D eigenvalue weighted by Gasteiger charge is -2.16. The molecule has 0 aromatic heterocycles.